The van der Waals surface area contributed by atoms with E-state index < -0.39 is 17.9 Å². The van der Waals surface area contributed by atoms with Crippen molar-refractivity contribution in [3.05, 3.63) is 29.3 Å². The molecule has 0 aliphatic rings. The number of amides is 2. The number of aryl methyl sites for hydroxylation is 1. The van der Waals surface area contributed by atoms with Crippen LogP contribution >= 0.6 is 0 Å². The molecule has 1 aromatic carbocycles. The van der Waals surface area contributed by atoms with Crippen molar-refractivity contribution in [2.45, 2.75) is 32.4 Å². The lowest BCUT2D eigenvalue weighted by molar-refractivity contribution is -0.126. The van der Waals surface area contributed by atoms with E-state index in [1.54, 1.807) is 7.11 Å². The Morgan fingerprint density at radius 2 is 2.05 bits per heavy atom. The Hall–Kier alpha value is -2.08. The lowest BCUT2D eigenvalue weighted by Crippen LogP contribution is -2.43. The van der Waals surface area contributed by atoms with Crippen LogP contribution in [0.1, 0.15) is 30.5 Å². The average molecular weight is 279 g/mol. The SMILES string of the molecule is COc1ccc(C)cc1C(C)NC(=O)C(N)CC(N)=O. The molecule has 6 heteroatoms. The van der Waals surface area contributed by atoms with Crippen molar-refractivity contribution in [2.24, 2.45) is 11.5 Å². The predicted molar refractivity (Wildman–Crippen MR) is 76.1 cm³/mol. The molecule has 0 heterocycles. The molecule has 0 aliphatic carbocycles. The summed E-state index contributed by atoms with van der Waals surface area (Å²) < 4.78 is 5.27. The highest BCUT2D eigenvalue weighted by molar-refractivity contribution is 5.87. The first kappa shape index (κ1) is 16.0. The van der Waals surface area contributed by atoms with Gasteiger partial charge in [0.15, 0.2) is 0 Å². The maximum Gasteiger partial charge on any atom is 0.237 e. The summed E-state index contributed by atoms with van der Waals surface area (Å²) >= 11 is 0. The van der Waals surface area contributed by atoms with Gasteiger partial charge >= 0.3 is 0 Å². The summed E-state index contributed by atoms with van der Waals surface area (Å²) in [7, 11) is 1.57. The maximum absolute atomic E-state index is 11.9. The average Bonchev–Trinajstić information content (AvgIpc) is 2.37. The van der Waals surface area contributed by atoms with Crippen LogP contribution in [0.2, 0.25) is 0 Å². The molecule has 0 saturated carbocycles. The van der Waals surface area contributed by atoms with Gasteiger partial charge in [-0.25, -0.2) is 0 Å². The van der Waals surface area contributed by atoms with Crippen LogP contribution in [0.4, 0.5) is 0 Å². The molecule has 2 atom stereocenters. The zero-order valence-electron chi connectivity index (χ0n) is 12.0. The van der Waals surface area contributed by atoms with Gasteiger partial charge in [-0.2, -0.15) is 0 Å². The van der Waals surface area contributed by atoms with Gasteiger partial charge in [0.25, 0.3) is 0 Å². The molecule has 0 aromatic heterocycles. The molecular formula is C14H21N3O3. The monoisotopic (exact) mass is 279 g/mol. The van der Waals surface area contributed by atoms with Crippen molar-refractivity contribution < 1.29 is 14.3 Å². The van der Waals surface area contributed by atoms with Crippen LogP contribution < -0.4 is 21.5 Å². The van der Waals surface area contributed by atoms with Gasteiger partial charge in [-0.15, -0.1) is 0 Å². The lowest BCUT2D eigenvalue weighted by atomic mass is 10.0. The second-order valence-corrected chi connectivity index (χ2v) is 4.75. The van der Waals surface area contributed by atoms with E-state index in [-0.39, 0.29) is 12.5 Å². The number of ether oxygens (including phenoxy) is 1. The van der Waals surface area contributed by atoms with E-state index in [0.29, 0.717) is 5.75 Å². The molecule has 5 N–H and O–H groups in total. The summed E-state index contributed by atoms with van der Waals surface area (Å²) in [6, 6.07) is 4.48. The predicted octanol–water partition coefficient (Wildman–Crippen LogP) is 0.384. The molecule has 1 aromatic rings. The number of nitrogens with two attached hydrogens (primary N) is 2. The Morgan fingerprint density at radius 3 is 2.60 bits per heavy atom. The second kappa shape index (κ2) is 6.91. The van der Waals surface area contributed by atoms with E-state index >= 15 is 0 Å². The highest BCUT2D eigenvalue weighted by Gasteiger charge is 2.20. The molecule has 0 saturated heterocycles. The van der Waals surface area contributed by atoms with E-state index in [0.717, 1.165) is 11.1 Å². The van der Waals surface area contributed by atoms with E-state index in [9.17, 15) is 9.59 Å². The van der Waals surface area contributed by atoms with Gasteiger partial charge in [0.1, 0.15) is 5.75 Å². The number of hydrogen-bond donors (Lipinski definition) is 3. The normalized spacial score (nSPS) is 13.4. The summed E-state index contributed by atoms with van der Waals surface area (Å²) in [5, 5.41) is 2.75. The molecule has 1 rings (SSSR count). The van der Waals surface area contributed by atoms with E-state index in [1.165, 1.54) is 0 Å². The Balaban J connectivity index is 2.80. The zero-order valence-corrected chi connectivity index (χ0v) is 12.0. The Kier molecular flexibility index (Phi) is 5.52. The first-order valence-corrected chi connectivity index (χ1v) is 6.34. The number of benzene rings is 1. The third-order valence-electron chi connectivity index (χ3n) is 2.97. The Labute approximate surface area is 118 Å². The van der Waals surface area contributed by atoms with E-state index in [2.05, 4.69) is 5.32 Å². The lowest BCUT2D eigenvalue weighted by Gasteiger charge is -2.19. The zero-order chi connectivity index (χ0) is 15.3. The molecule has 110 valence electrons. The molecule has 0 radical (unpaired) electrons. The van der Waals surface area contributed by atoms with Gasteiger partial charge < -0.3 is 21.5 Å². The molecule has 2 amide bonds. The molecule has 2 unspecified atom stereocenters. The number of methoxy groups -OCH3 is 1. The second-order valence-electron chi connectivity index (χ2n) is 4.75. The fourth-order valence-electron chi connectivity index (χ4n) is 1.90. The molecule has 0 fully saturated rings. The molecule has 0 bridgehead atoms. The van der Waals surface area contributed by atoms with Gasteiger partial charge in [-0.1, -0.05) is 17.7 Å². The molecule has 20 heavy (non-hydrogen) atoms. The highest BCUT2D eigenvalue weighted by Crippen LogP contribution is 2.26. The molecule has 0 spiro atoms. The summed E-state index contributed by atoms with van der Waals surface area (Å²) in [6.45, 7) is 3.78. The van der Waals surface area contributed by atoms with Gasteiger partial charge in [0, 0.05) is 5.56 Å². The summed E-state index contributed by atoms with van der Waals surface area (Å²) in [6.07, 6.45) is -0.177. The minimum atomic E-state index is -0.939. The third kappa shape index (κ3) is 4.24. The fraction of sp³-hybridized carbons (Fsp3) is 0.429. The van der Waals surface area contributed by atoms with Crippen LogP contribution in [0.15, 0.2) is 18.2 Å². The van der Waals surface area contributed by atoms with Gasteiger partial charge in [0.2, 0.25) is 11.8 Å². The number of rotatable bonds is 6. The van der Waals surface area contributed by atoms with Crippen LogP contribution in [0.5, 0.6) is 5.75 Å². The number of primary amides is 1. The van der Waals surface area contributed by atoms with Crippen LogP contribution in [-0.4, -0.2) is 25.0 Å². The molecule has 0 aliphatic heterocycles. The molecular weight excluding hydrogens is 258 g/mol. The minimum absolute atomic E-state index is 0.177. The summed E-state index contributed by atoms with van der Waals surface area (Å²) in [4.78, 5) is 22.6. The van der Waals surface area contributed by atoms with Crippen LogP contribution in [0.25, 0.3) is 0 Å². The van der Waals surface area contributed by atoms with Gasteiger partial charge in [-0.3, -0.25) is 9.59 Å². The quantitative estimate of drug-likeness (QED) is 0.699. The minimum Gasteiger partial charge on any atom is -0.496 e. The van der Waals surface area contributed by atoms with Crippen LogP contribution in [-0.2, 0) is 9.59 Å². The largest absolute Gasteiger partial charge is 0.496 e. The smallest absolute Gasteiger partial charge is 0.237 e. The third-order valence-corrected chi connectivity index (χ3v) is 2.97. The first-order valence-electron chi connectivity index (χ1n) is 6.34. The van der Waals surface area contributed by atoms with E-state index in [4.69, 9.17) is 16.2 Å². The van der Waals surface area contributed by atoms with Crippen molar-refractivity contribution in [1.29, 1.82) is 0 Å². The summed E-state index contributed by atoms with van der Waals surface area (Å²) in [5.74, 6) is -0.333. The van der Waals surface area contributed by atoms with Crippen molar-refractivity contribution in [3.63, 3.8) is 0 Å². The van der Waals surface area contributed by atoms with Crippen LogP contribution in [0.3, 0.4) is 0 Å². The highest BCUT2D eigenvalue weighted by atomic mass is 16.5. The summed E-state index contributed by atoms with van der Waals surface area (Å²) in [5.41, 5.74) is 12.5. The van der Waals surface area contributed by atoms with Crippen molar-refractivity contribution in [1.82, 2.24) is 5.32 Å². The topological polar surface area (TPSA) is 107 Å². The van der Waals surface area contributed by atoms with Crippen molar-refractivity contribution in [3.8, 4) is 5.75 Å². The number of hydrogen-bond acceptors (Lipinski definition) is 4. The van der Waals surface area contributed by atoms with Crippen molar-refractivity contribution in [2.75, 3.05) is 7.11 Å². The van der Waals surface area contributed by atoms with E-state index in [1.807, 2.05) is 32.0 Å². The van der Waals surface area contributed by atoms with Crippen molar-refractivity contribution >= 4 is 11.8 Å². The van der Waals surface area contributed by atoms with Crippen LogP contribution in [0, 0.1) is 6.92 Å². The maximum atomic E-state index is 11.9. The standard InChI is InChI=1S/C14H21N3O3/c1-8-4-5-12(20-3)10(6-8)9(2)17-14(19)11(15)7-13(16)18/h4-6,9,11H,7,15H2,1-3H3,(H2,16,18)(H,17,19). The number of carbonyl (C=O) groups excluding carboxylic acids is 2. The number of nitrogens with one attached hydrogen (secondary N) is 1. The number of carbonyl (C=O) groups is 2. The van der Waals surface area contributed by atoms with Gasteiger partial charge in [0.05, 0.1) is 25.6 Å². The Bertz CT molecular complexity index is 502. The fourth-order valence-corrected chi connectivity index (χ4v) is 1.90. The first-order chi connectivity index (χ1) is 9.35. The molecule has 6 nitrogen and oxygen atoms in total. The van der Waals surface area contributed by atoms with Gasteiger partial charge in [-0.05, 0) is 19.9 Å². The Morgan fingerprint density at radius 1 is 1.40 bits per heavy atom.